The third-order valence-corrected chi connectivity index (χ3v) is 4.15. The Hall–Kier alpha value is -0.780. The van der Waals surface area contributed by atoms with E-state index in [0.717, 1.165) is 58.2 Å². The summed E-state index contributed by atoms with van der Waals surface area (Å²) in [6.45, 7) is 2.52. The van der Waals surface area contributed by atoms with E-state index in [9.17, 15) is 4.79 Å². The molecule has 2 heterocycles. The number of halogens is 2. The zero-order valence-electron chi connectivity index (χ0n) is 13.0. The molecule has 1 aliphatic heterocycles. The Morgan fingerprint density at radius 2 is 1.91 bits per heavy atom. The van der Waals surface area contributed by atoms with Gasteiger partial charge in [0.1, 0.15) is 0 Å². The van der Waals surface area contributed by atoms with Crippen LogP contribution in [-0.2, 0) is 4.79 Å². The van der Waals surface area contributed by atoms with Gasteiger partial charge in [0.15, 0.2) is 0 Å². The van der Waals surface area contributed by atoms with Crippen LogP contribution in [0.1, 0.15) is 56.6 Å². The first kappa shape index (κ1) is 21.2. The number of hydrogen-bond donors (Lipinski definition) is 2. The number of hydrogen-bond acceptors (Lipinski definition) is 3. The maximum Gasteiger partial charge on any atom is 0.222 e. The average molecular weight is 351 g/mol. The highest BCUT2D eigenvalue weighted by Gasteiger charge is 2.23. The molecule has 3 N–H and O–H groups in total. The van der Waals surface area contributed by atoms with Crippen LogP contribution in [0.3, 0.4) is 0 Å². The van der Waals surface area contributed by atoms with E-state index in [1.807, 2.05) is 11.0 Å². The maximum atomic E-state index is 12.1. The molecule has 0 atom stereocenters. The predicted octanol–water partition coefficient (Wildman–Crippen LogP) is 2.87. The molecule has 7 heteroatoms. The third kappa shape index (κ3) is 6.55. The lowest BCUT2D eigenvalue weighted by molar-refractivity contribution is -0.132. The van der Waals surface area contributed by atoms with E-state index in [1.165, 1.54) is 5.69 Å². The number of amides is 1. The lowest BCUT2D eigenvalue weighted by atomic mass is 9.93. The van der Waals surface area contributed by atoms with Gasteiger partial charge in [-0.25, -0.2) is 0 Å². The molecule has 1 aromatic rings. The zero-order chi connectivity index (χ0) is 14.2. The smallest absolute Gasteiger partial charge is 0.222 e. The number of nitrogens with zero attached hydrogens (tertiary/aromatic N) is 2. The molecule has 1 aromatic heterocycles. The summed E-state index contributed by atoms with van der Waals surface area (Å²) >= 11 is 0. The Morgan fingerprint density at radius 1 is 1.23 bits per heavy atom. The van der Waals surface area contributed by atoms with Crippen LogP contribution in [0.4, 0.5) is 0 Å². The van der Waals surface area contributed by atoms with Gasteiger partial charge < -0.3 is 10.6 Å². The zero-order valence-corrected chi connectivity index (χ0v) is 14.6. The van der Waals surface area contributed by atoms with Gasteiger partial charge in [0.25, 0.3) is 0 Å². The molecule has 0 aromatic carbocycles. The largest absolute Gasteiger partial charge is 0.343 e. The average Bonchev–Trinajstić information content (AvgIpc) is 3.01. The summed E-state index contributed by atoms with van der Waals surface area (Å²) in [6, 6.07) is 2.04. The van der Waals surface area contributed by atoms with Crippen molar-refractivity contribution in [2.45, 2.75) is 50.9 Å². The van der Waals surface area contributed by atoms with Gasteiger partial charge in [-0.3, -0.25) is 9.89 Å². The Bertz CT molecular complexity index is 392. The highest BCUT2D eigenvalue weighted by molar-refractivity contribution is 5.85. The molecule has 1 amide bonds. The first-order chi connectivity index (χ1) is 9.81. The lowest BCUT2D eigenvalue weighted by Crippen LogP contribution is -2.37. The molecule has 0 unspecified atom stereocenters. The summed E-state index contributed by atoms with van der Waals surface area (Å²) in [5.41, 5.74) is 6.67. The topological polar surface area (TPSA) is 75.0 Å². The van der Waals surface area contributed by atoms with Crippen molar-refractivity contribution >= 4 is 30.7 Å². The number of carbonyl (C=O) groups is 1. The van der Waals surface area contributed by atoms with Crippen molar-refractivity contribution in [2.24, 2.45) is 5.73 Å². The second-order valence-electron chi connectivity index (χ2n) is 5.62. The minimum Gasteiger partial charge on any atom is -0.343 e. The normalized spacial score (nSPS) is 15.0. The number of piperidine rings is 1. The molecule has 2 rings (SSSR count). The van der Waals surface area contributed by atoms with Crippen LogP contribution in [0, 0.1) is 0 Å². The monoisotopic (exact) mass is 350 g/mol. The van der Waals surface area contributed by atoms with Crippen LogP contribution in [0.2, 0.25) is 0 Å². The van der Waals surface area contributed by atoms with Crippen molar-refractivity contribution in [1.82, 2.24) is 15.1 Å². The van der Waals surface area contributed by atoms with Crippen molar-refractivity contribution in [3.05, 3.63) is 18.0 Å². The molecule has 0 spiro atoms. The second kappa shape index (κ2) is 11.7. The van der Waals surface area contributed by atoms with Crippen molar-refractivity contribution in [3.8, 4) is 0 Å². The van der Waals surface area contributed by atoms with Gasteiger partial charge in [0.05, 0.1) is 0 Å². The fourth-order valence-corrected chi connectivity index (χ4v) is 2.87. The van der Waals surface area contributed by atoms with E-state index in [1.54, 1.807) is 6.20 Å². The SMILES string of the molecule is Cl.Cl.NCCCCCCC(=O)N1CCC(c2ccn[nH]2)CC1. The van der Waals surface area contributed by atoms with Crippen LogP contribution >= 0.6 is 24.8 Å². The highest BCUT2D eigenvalue weighted by Crippen LogP contribution is 2.26. The molecular weight excluding hydrogens is 323 g/mol. The molecule has 128 valence electrons. The molecule has 1 aliphatic rings. The van der Waals surface area contributed by atoms with Gasteiger partial charge >= 0.3 is 0 Å². The van der Waals surface area contributed by atoms with Crippen molar-refractivity contribution in [1.29, 1.82) is 0 Å². The quantitative estimate of drug-likeness (QED) is 0.742. The summed E-state index contributed by atoms with van der Waals surface area (Å²) in [6.07, 6.45) is 8.91. The fraction of sp³-hybridized carbons (Fsp3) is 0.733. The molecule has 0 bridgehead atoms. The van der Waals surface area contributed by atoms with Crippen LogP contribution in [0.5, 0.6) is 0 Å². The summed E-state index contributed by atoms with van der Waals surface area (Å²) in [7, 11) is 0. The van der Waals surface area contributed by atoms with E-state index in [0.29, 0.717) is 18.2 Å². The summed E-state index contributed by atoms with van der Waals surface area (Å²) in [5, 5.41) is 7.04. The van der Waals surface area contributed by atoms with Crippen LogP contribution in [0.25, 0.3) is 0 Å². The number of likely N-dealkylation sites (tertiary alicyclic amines) is 1. The Morgan fingerprint density at radius 3 is 2.50 bits per heavy atom. The number of aromatic amines is 1. The molecule has 0 radical (unpaired) electrons. The number of nitrogens with one attached hydrogen (secondary N) is 1. The molecule has 5 nitrogen and oxygen atoms in total. The first-order valence-electron chi connectivity index (χ1n) is 7.78. The maximum absolute atomic E-state index is 12.1. The van der Waals surface area contributed by atoms with Gasteiger partial charge in [-0.1, -0.05) is 12.8 Å². The summed E-state index contributed by atoms with van der Waals surface area (Å²) in [4.78, 5) is 14.1. The number of aromatic nitrogens is 2. The Labute approximate surface area is 145 Å². The number of carbonyl (C=O) groups excluding carboxylic acids is 1. The molecule has 1 fully saturated rings. The standard InChI is InChI=1S/C15H26N4O.2ClH/c16-9-4-2-1-3-5-15(20)19-11-7-13(8-12-19)14-6-10-17-18-14;;/h6,10,13H,1-5,7-9,11-12,16H2,(H,17,18);2*1H. The van der Waals surface area contributed by atoms with E-state index >= 15 is 0 Å². The molecule has 1 saturated heterocycles. The summed E-state index contributed by atoms with van der Waals surface area (Å²) in [5.74, 6) is 0.854. The highest BCUT2D eigenvalue weighted by atomic mass is 35.5. The Balaban J connectivity index is 0.00000220. The number of unbranched alkanes of at least 4 members (excludes halogenated alkanes) is 3. The predicted molar refractivity (Wildman–Crippen MR) is 93.8 cm³/mol. The minimum atomic E-state index is 0. The van der Waals surface area contributed by atoms with Crippen molar-refractivity contribution < 1.29 is 4.79 Å². The van der Waals surface area contributed by atoms with Gasteiger partial charge in [-0.2, -0.15) is 5.10 Å². The number of H-pyrrole nitrogens is 1. The van der Waals surface area contributed by atoms with E-state index in [2.05, 4.69) is 10.2 Å². The minimum absolute atomic E-state index is 0. The number of rotatable bonds is 7. The van der Waals surface area contributed by atoms with Crippen molar-refractivity contribution in [3.63, 3.8) is 0 Å². The van der Waals surface area contributed by atoms with Gasteiger partial charge in [0, 0.05) is 37.3 Å². The molecular formula is C15H28Cl2N4O. The van der Waals surface area contributed by atoms with Gasteiger partial charge in [-0.05, 0) is 38.3 Å². The third-order valence-electron chi connectivity index (χ3n) is 4.15. The van der Waals surface area contributed by atoms with E-state index in [4.69, 9.17) is 5.73 Å². The fourth-order valence-electron chi connectivity index (χ4n) is 2.87. The van der Waals surface area contributed by atoms with E-state index in [-0.39, 0.29) is 24.8 Å². The number of nitrogens with two attached hydrogens (primary N) is 1. The Kier molecular flexibility index (Phi) is 11.3. The van der Waals surface area contributed by atoms with Gasteiger partial charge in [0.2, 0.25) is 5.91 Å². The molecule has 0 aliphatic carbocycles. The van der Waals surface area contributed by atoms with Gasteiger partial charge in [-0.15, -0.1) is 24.8 Å². The molecule has 22 heavy (non-hydrogen) atoms. The lowest BCUT2D eigenvalue weighted by Gasteiger charge is -2.31. The van der Waals surface area contributed by atoms with Crippen LogP contribution in [0.15, 0.2) is 12.3 Å². The summed E-state index contributed by atoms with van der Waals surface area (Å²) < 4.78 is 0. The van der Waals surface area contributed by atoms with Crippen LogP contribution < -0.4 is 5.73 Å². The first-order valence-corrected chi connectivity index (χ1v) is 7.78. The van der Waals surface area contributed by atoms with Crippen LogP contribution in [-0.4, -0.2) is 40.6 Å². The second-order valence-corrected chi connectivity index (χ2v) is 5.62. The van der Waals surface area contributed by atoms with E-state index < -0.39 is 0 Å². The van der Waals surface area contributed by atoms with Crippen molar-refractivity contribution in [2.75, 3.05) is 19.6 Å². The molecule has 0 saturated carbocycles.